The van der Waals surface area contributed by atoms with Crippen molar-refractivity contribution in [1.29, 1.82) is 0 Å². The van der Waals surface area contributed by atoms with Crippen molar-refractivity contribution in [3.05, 3.63) is 138 Å². The zero-order valence-corrected chi connectivity index (χ0v) is 22.0. The van der Waals surface area contributed by atoms with Gasteiger partial charge in [-0.15, -0.1) is 0 Å². The fraction of sp³-hybridized carbons (Fsp3) is 0.172. The second-order valence-corrected chi connectivity index (χ2v) is 9.59. The molecule has 0 saturated heterocycles. The summed E-state index contributed by atoms with van der Waals surface area (Å²) in [6.45, 7) is 3.53. The predicted molar refractivity (Wildman–Crippen MR) is 151 cm³/mol. The number of hydrogen-bond acceptors (Lipinski definition) is 5. The van der Waals surface area contributed by atoms with Gasteiger partial charge < -0.3 is 4.90 Å². The molecule has 0 bridgehead atoms. The fourth-order valence-corrected chi connectivity index (χ4v) is 5.04. The number of para-hydroxylation sites is 2. The van der Waals surface area contributed by atoms with Crippen LogP contribution in [-0.2, 0) is 0 Å². The Bertz CT molecular complexity index is 1680. The van der Waals surface area contributed by atoms with E-state index in [9.17, 15) is 19.7 Å². The van der Waals surface area contributed by atoms with Gasteiger partial charge in [0.2, 0.25) is 0 Å². The van der Waals surface area contributed by atoms with Crippen LogP contribution in [0.5, 0.6) is 0 Å². The minimum Gasteiger partial charge on any atom is -0.372 e. The molecule has 0 fully saturated rings. The first-order valence-corrected chi connectivity index (χ1v) is 12.4. The molecule has 10 heteroatoms. The highest BCUT2D eigenvalue weighted by Gasteiger charge is 2.32. The zero-order chi connectivity index (χ0) is 27.8. The number of nitro benzene ring substituents is 1. The third-order valence-electron chi connectivity index (χ3n) is 6.85. The molecule has 5 rings (SSSR count). The van der Waals surface area contributed by atoms with Crippen molar-refractivity contribution >= 4 is 11.4 Å². The summed E-state index contributed by atoms with van der Waals surface area (Å²) in [5.41, 5.74) is 3.15. The van der Waals surface area contributed by atoms with Gasteiger partial charge in [0.1, 0.15) is 5.69 Å². The van der Waals surface area contributed by atoms with Crippen molar-refractivity contribution in [3.8, 4) is 11.4 Å². The molecule has 2 aromatic heterocycles. The van der Waals surface area contributed by atoms with Crippen LogP contribution in [0.15, 0.2) is 88.5 Å². The SMILES string of the molecule is Cc1[nH]n(-c2ccccc2)c(=O)c1C(c1ccc(N(C)C)c([N+](=O)[O-])c1)c1c(C)[nH]n(-c2ccccc2)c1=O. The molecule has 0 aliphatic rings. The molecule has 0 amide bonds. The quantitative estimate of drug-likeness (QED) is 0.241. The molecule has 0 atom stereocenters. The van der Waals surface area contributed by atoms with E-state index in [1.807, 2.05) is 36.4 Å². The fourth-order valence-electron chi connectivity index (χ4n) is 5.04. The lowest BCUT2D eigenvalue weighted by Crippen LogP contribution is -2.25. The van der Waals surface area contributed by atoms with E-state index in [1.54, 1.807) is 69.2 Å². The Morgan fingerprint density at radius 1 is 0.769 bits per heavy atom. The molecule has 3 aromatic carbocycles. The zero-order valence-electron chi connectivity index (χ0n) is 22.0. The van der Waals surface area contributed by atoms with Crippen LogP contribution in [0.1, 0.15) is 34.0 Å². The van der Waals surface area contributed by atoms with Crippen LogP contribution in [0.3, 0.4) is 0 Å². The molecule has 2 heterocycles. The van der Waals surface area contributed by atoms with E-state index in [2.05, 4.69) is 10.2 Å². The van der Waals surface area contributed by atoms with Gasteiger partial charge in [-0.1, -0.05) is 42.5 Å². The van der Waals surface area contributed by atoms with Gasteiger partial charge in [0.25, 0.3) is 16.8 Å². The van der Waals surface area contributed by atoms with Crippen LogP contribution >= 0.6 is 0 Å². The lowest BCUT2D eigenvalue weighted by Gasteiger charge is -2.18. The topological polar surface area (TPSA) is 122 Å². The van der Waals surface area contributed by atoms with Crippen molar-refractivity contribution in [2.24, 2.45) is 0 Å². The molecule has 2 N–H and O–H groups in total. The Morgan fingerprint density at radius 3 is 1.64 bits per heavy atom. The molecular formula is C29H28N6O4. The lowest BCUT2D eigenvalue weighted by molar-refractivity contribution is -0.384. The Morgan fingerprint density at radius 2 is 1.23 bits per heavy atom. The first-order chi connectivity index (χ1) is 18.7. The van der Waals surface area contributed by atoms with E-state index in [0.29, 0.717) is 45.1 Å². The van der Waals surface area contributed by atoms with Gasteiger partial charge in [0.15, 0.2) is 0 Å². The molecule has 0 saturated carbocycles. The number of aromatic amines is 2. The normalized spacial score (nSPS) is 11.2. The third kappa shape index (κ3) is 4.46. The van der Waals surface area contributed by atoms with Gasteiger partial charge in [-0.05, 0) is 49.7 Å². The summed E-state index contributed by atoms with van der Waals surface area (Å²) in [7, 11) is 3.45. The maximum Gasteiger partial charge on any atom is 0.292 e. The van der Waals surface area contributed by atoms with Crippen molar-refractivity contribution < 1.29 is 4.92 Å². The van der Waals surface area contributed by atoms with E-state index < -0.39 is 10.8 Å². The smallest absolute Gasteiger partial charge is 0.292 e. The number of aryl methyl sites for hydroxylation is 2. The summed E-state index contributed by atoms with van der Waals surface area (Å²) in [4.78, 5) is 41.1. The van der Waals surface area contributed by atoms with Crippen LogP contribution in [-0.4, -0.2) is 38.6 Å². The average Bonchev–Trinajstić information content (AvgIpc) is 3.39. The Hall–Kier alpha value is -5.12. The van der Waals surface area contributed by atoms with E-state index in [0.717, 1.165) is 0 Å². The number of nitro groups is 1. The van der Waals surface area contributed by atoms with Gasteiger partial charge in [-0.3, -0.25) is 29.9 Å². The molecule has 5 aromatic rings. The summed E-state index contributed by atoms with van der Waals surface area (Å²) in [6, 6.07) is 23.1. The number of nitrogens with zero attached hydrogens (tertiary/aromatic N) is 4. The highest BCUT2D eigenvalue weighted by Crippen LogP contribution is 2.37. The molecule has 0 radical (unpaired) electrons. The van der Waals surface area contributed by atoms with Crippen LogP contribution in [0.2, 0.25) is 0 Å². The Kier molecular flexibility index (Phi) is 6.53. The predicted octanol–water partition coefficient (Wildman–Crippen LogP) is 4.42. The van der Waals surface area contributed by atoms with Gasteiger partial charge in [-0.2, -0.15) is 0 Å². The Balaban J connectivity index is 1.81. The number of hydrogen-bond donors (Lipinski definition) is 2. The molecule has 0 aliphatic heterocycles. The first kappa shape index (κ1) is 25.5. The van der Waals surface area contributed by atoms with Gasteiger partial charge >= 0.3 is 0 Å². The minimum absolute atomic E-state index is 0.115. The molecule has 0 unspecified atom stereocenters. The highest BCUT2D eigenvalue weighted by atomic mass is 16.6. The summed E-state index contributed by atoms with van der Waals surface area (Å²) in [5, 5.41) is 18.3. The van der Waals surface area contributed by atoms with Crippen molar-refractivity contribution in [3.63, 3.8) is 0 Å². The number of H-pyrrole nitrogens is 2. The summed E-state index contributed by atoms with van der Waals surface area (Å²) in [6.07, 6.45) is 0. The highest BCUT2D eigenvalue weighted by molar-refractivity contribution is 5.65. The first-order valence-electron chi connectivity index (χ1n) is 12.4. The lowest BCUT2D eigenvalue weighted by atomic mass is 9.85. The maximum absolute atomic E-state index is 13.9. The van der Waals surface area contributed by atoms with Gasteiger partial charge in [-0.25, -0.2) is 9.36 Å². The van der Waals surface area contributed by atoms with Gasteiger partial charge in [0.05, 0.1) is 27.4 Å². The van der Waals surface area contributed by atoms with Crippen LogP contribution in [0.25, 0.3) is 11.4 Å². The van der Waals surface area contributed by atoms with Crippen LogP contribution in [0.4, 0.5) is 11.4 Å². The minimum atomic E-state index is -0.873. The van der Waals surface area contributed by atoms with E-state index in [-0.39, 0.29) is 16.8 Å². The third-order valence-corrected chi connectivity index (χ3v) is 6.85. The Labute approximate surface area is 223 Å². The maximum atomic E-state index is 13.9. The van der Waals surface area contributed by atoms with Crippen LogP contribution in [0, 0.1) is 24.0 Å². The molecule has 39 heavy (non-hydrogen) atoms. The standard InChI is InChI=1S/C29H28N6O4/c1-18-25(28(36)33(30-18)21-11-7-5-8-12-21)27(20-15-16-23(32(3)4)24(17-20)35(38)39)26-19(2)31-34(29(26)37)22-13-9-6-10-14-22/h5-17,27,30-31H,1-4H3. The van der Waals surface area contributed by atoms with Gasteiger partial charge in [0, 0.05) is 37.5 Å². The monoisotopic (exact) mass is 524 g/mol. The van der Waals surface area contributed by atoms with Crippen molar-refractivity contribution in [2.75, 3.05) is 19.0 Å². The number of rotatable bonds is 7. The number of benzene rings is 3. The van der Waals surface area contributed by atoms with Crippen molar-refractivity contribution in [1.82, 2.24) is 19.6 Å². The second kappa shape index (κ2) is 9.97. The van der Waals surface area contributed by atoms with Crippen LogP contribution < -0.4 is 16.0 Å². The molecule has 10 nitrogen and oxygen atoms in total. The van der Waals surface area contributed by atoms with Crippen molar-refractivity contribution in [2.45, 2.75) is 19.8 Å². The number of nitrogens with one attached hydrogen (secondary N) is 2. The summed E-state index contributed by atoms with van der Waals surface area (Å²) < 4.78 is 2.86. The number of aromatic nitrogens is 4. The average molecular weight is 525 g/mol. The largest absolute Gasteiger partial charge is 0.372 e. The van der Waals surface area contributed by atoms with E-state index >= 15 is 0 Å². The van der Waals surface area contributed by atoms with E-state index in [4.69, 9.17) is 0 Å². The molecule has 0 spiro atoms. The molecule has 0 aliphatic carbocycles. The summed E-state index contributed by atoms with van der Waals surface area (Å²) >= 11 is 0. The summed E-state index contributed by atoms with van der Waals surface area (Å²) in [5.74, 6) is -0.873. The number of anilines is 1. The molecule has 198 valence electrons. The second-order valence-electron chi connectivity index (χ2n) is 9.59. The molecular weight excluding hydrogens is 496 g/mol. The van der Waals surface area contributed by atoms with E-state index in [1.165, 1.54) is 15.4 Å².